The zero-order chi connectivity index (χ0) is 12.3. The normalized spacial score (nSPS) is 30.4. The van der Waals surface area contributed by atoms with Crippen molar-refractivity contribution in [2.45, 2.75) is 59.1 Å². The molecule has 0 spiro atoms. The molecule has 0 aromatic carbocycles. The van der Waals surface area contributed by atoms with Crippen LogP contribution in [0.15, 0.2) is 0 Å². The van der Waals surface area contributed by atoms with Gasteiger partial charge in [-0.15, -0.1) is 0 Å². The third kappa shape index (κ3) is 4.12. The van der Waals surface area contributed by atoms with Gasteiger partial charge in [0.25, 0.3) is 0 Å². The number of hydrogen-bond acceptors (Lipinski definition) is 3. The molecule has 3 unspecified atom stereocenters. The highest BCUT2D eigenvalue weighted by Gasteiger charge is 2.29. The van der Waals surface area contributed by atoms with Gasteiger partial charge in [0.15, 0.2) is 0 Å². The summed E-state index contributed by atoms with van der Waals surface area (Å²) < 4.78 is 5.26. The van der Waals surface area contributed by atoms with Crippen LogP contribution in [0.3, 0.4) is 0 Å². The molecule has 1 saturated carbocycles. The fraction of sp³-hybridized carbons (Fsp3) is 0.923. The smallest absolute Gasteiger partial charge is 0.320 e. The number of carbonyl (C=O) groups excluding carboxylic acids is 1. The first-order chi connectivity index (χ1) is 7.29. The summed E-state index contributed by atoms with van der Waals surface area (Å²) in [6.45, 7) is 10.5. The van der Waals surface area contributed by atoms with Crippen LogP contribution in [0.4, 0.5) is 0 Å². The zero-order valence-electron chi connectivity index (χ0n) is 11.2. The Balaban J connectivity index is 2.27. The van der Waals surface area contributed by atoms with Crippen LogP contribution in [0.1, 0.15) is 47.5 Å². The number of carbonyl (C=O) groups is 1. The molecule has 1 fully saturated rings. The Morgan fingerprint density at radius 1 is 1.31 bits per heavy atom. The molecule has 16 heavy (non-hydrogen) atoms. The van der Waals surface area contributed by atoms with Gasteiger partial charge >= 0.3 is 5.97 Å². The lowest BCUT2D eigenvalue weighted by atomic mass is 9.98. The van der Waals surface area contributed by atoms with Gasteiger partial charge in [-0.3, -0.25) is 4.79 Å². The largest absolute Gasteiger partial charge is 0.459 e. The van der Waals surface area contributed by atoms with Crippen LogP contribution in [0.2, 0.25) is 0 Å². The van der Waals surface area contributed by atoms with Crippen LogP contribution in [0.25, 0.3) is 0 Å². The summed E-state index contributed by atoms with van der Waals surface area (Å²) in [4.78, 5) is 11.5. The van der Waals surface area contributed by atoms with Gasteiger partial charge < -0.3 is 10.1 Å². The van der Waals surface area contributed by atoms with E-state index in [2.05, 4.69) is 19.2 Å². The SMILES string of the molecule is CC1CCC(NCC(=O)OC(C)(C)C)C1C. The molecule has 1 aliphatic carbocycles. The van der Waals surface area contributed by atoms with Crippen molar-refractivity contribution in [2.24, 2.45) is 11.8 Å². The van der Waals surface area contributed by atoms with Gasteiger partial charge in [-0.25, -0.2) is 0 Å². The molecule has 3 nitrogen and oxygen atoms in total. The highest BCUT2D eigenvalue weighted by atomic mass is 16.6. The molecule has 0 amide bonds. The molecular weight excluding hydrogens is 202 g/mol. The van der Waals surface area contributed by atoms with Gasteiger partial charge in [-0.05, 0) is 45.4 Å². The second kappa shape index (κ2) is 5.17. The highest BCUT2D eigenvalue weighted by Crippen LogP contribution is 2.30. The van der Waals surface area contributed by atoms with E-state index >= 15 is 0 Å². The van der Waals surface area contributed by atoms with E-state index in [1.54, 1.807) is 0 Å². The molecule has 0 heterocycles. The molecule has 0 bridgehead atoms. The van der Waals surface area contributed by atoms with E-state index < -0.39 is 0 Å². The molecule has 0 saturated heterocycles. The van der Waals surface area contributed by atoms with Crippen molar-refractivity contribution in [3.05, 3.63) is 0 Å². The fourth-order valence-electron chi connectivity index (χ4n) is 2.24. The Bertz CT molecular complexity index is 245. The number of nitrogens with one attached hydrogen (secondary N) is 1. The molecule has 1 N–H and O–H groups in total. The van der Waals surface area contributed by atoms with Gasteiger partial charge in [0.05, 0.1) is 6.54 Å². The summed E-state index contributed by atoms with van der Waals surface area (Å²) in [6.07, 6.45) is 2.43. The van der Waals surface area contributed by atoms with Crippen LogP contribution >= 0.6 is 0 Å². The first kappa shape index (κ1) is 13.5. The van der Waals surface area contributed by atoms with E-state index in [9.17, 15) is 4.79 Å². The predicted octanol–water partition coefficient (Wildman–Crippen LogP) is 2.35. The molecule has 0 aromatic heterocycles. The minimum Gasteiger partial charge on any atom is -0.459 e. The average molecular weight is 227 g/mol. The third-order valence-electron chi connectivity index (χ3n) is 3.39. The zero-order valence-corrected chi connectivity index (χ0v) is 11.2. The first-order valence-corrected chi connectivity index (χ1v) is 6.25. The summed E-state index contributed by atoms with van der Waals surface area (Å²) in [5.74, 6) is 1.26. The van der Waals surface area contributed by atoms with E-state index in [0.29, 0.717) is 18.5 Å². The highest BCUT2D eigenvalue weighted by molar-refractivity contribution is 5.72. The van der Waals surface area contributed by atoms with E-state index in [1.165, 1.54) is 12.8 Å². The van der Waals surface area contributed by atoms with Crippen LogP contribution in [0.5, 0.6) is 0 Å². The Morgan fingerprint density at radius 3 is 2.38 bits per heavy atom. The van der Waals surface area contributed by atoms with E-state index in [1.807, 2.05) is 20.8 Å². The van der Waals surface area contributed by atoms with Crippen molar-refractivity contribution < 1.29 is 9.53 Å². The molecule has 3 atom stereocenters. The Labute approximate surface area is 98.9 Å². The lowest BCUT2D eigenvalue weighted by Gasteiger charge is -2.22. The number of ether oxygens (including phenoxy) is 1. The summed E-state index contributed by atoms with van der Waals surface area (Å²) in [7, 11) is 0. The van der Waals surface area contributed by atoms with Crippen molar-refractivity contribution in [1.29, 1.82) is 0 Å². The van der Waals surface area contributed by atoms with Crippen LogP contribution in [-0.2, 0) is 9.53 Å². The van der Waals surface area contributed by atoms with Crippen LogP contribution in [-0.4, -0.2) is 24.2 Å². The quantitative estimate of drug-likeness (QED) is 0.752. The van der Waals surface area contributed by atoms with E-state index in [-0.39, 0.29) is 11.6 Å². The minimum atomic E-state index is -0.382. The molecule has 3 heteroatoms. The second-order valence-electron chi connectivity index (χ2n) is 5.99. The van der Waals surface area contributed by atoms with Gasteiger partial charge in [0.2, 0.25) is 0 Å². The van der Waals surface area contributed by atoms with Crippen molar-refractivity contribution in [2.75, 3.05) is 6.54 Å². The van der Waals surface area contributed by atoms with Gasteiger partial charge in [0.1, 0.15) is 5.60 Å². The van der Waals surface area contributed by atoms with Crippen molar-refractivity contribution in [3.63, 3.8) is 0 Å². The molecule has 0 aliphatic heterocycles. The molecule has 0 aromatic rings. The van der Waals surface area contributed by atoms with Crippen molar-refractivity contribution in [3.8, 4) is 0 Å². The first-order valence-electron chi connectivity index (χ1n) is 6.25. The summed E-state index contributed by atoms with van der Waals surface area (Å²) >= 11 is 0. The maximum atomic E-state index is 11.5. The van der Waals surface area contributed by atoms with Crippen LogP contribution in [0, 0.1) is 11.8 Å². The standard InChI is InChI=1S/C13H25NO2/c1-9-6-7-11(10(9)2)14-8-12(15)16-13(3,4)5/h9-11,14H,6-8H2,1-5H3. The number of hydrogen-bond donors (Lipinski definition) is 1. The minimum absolute atomic E-state index is 0.153. The Hall–Kier alpha value is -0.570. The van der Waals surface area contributed by atoms with Gasteiger partial charge in [0, 0.05) is 6.04 Å². The maximum absolute atomic E-state index is 11.5. The molecule has 1 rings (SSSR count). The monoisotopic (exact) mass is 227 g/mol. The average Bonchev–Trinajstić information content (AvgIpc) is 2.42. The third-order valence-corrected chi connectivity index (χ3v) is 3.39. The summed E-state index contributed by atoms with van der Waals surface area (Å²) in [5.41, 5.74) is -0.382. The molecule has 1 aliphatic rings. The van der Waals surface area contributed by atoms with Crippen LogP contribution < -0.4 is 5.32 Å². The second-order valence-corrected chi connectivity index (χ2v) is 5.99. The maximum Gasteiger partial charge on any atom is 0.320 e. The topological polar surface area (TPSA) is 38.3 Å². The summed E-state index contributed by atoms with van der Waals surface area (Å²) in [5, 5.41) is 3.31. The molecule has 94 valence electrons. The number of esters is 1. The van der Waals surface area contributed by atoms with Gasteiger partial charge in [-0.1, -0.05) is 13.8 Å². The lowest BCUT2D eigenvalue weighted by Crippen LogP contribution is -2.38. The summed E-state index contributed by atoms with van der Waals surface area (Å²) in [6, 6.07) is 0.475. The molecular formula is C13H25NO2. The number of rotatable bonds is 3. The van der Waals surface area contributed by atoms with Crippen molar-refractivity contribution >= 4 is 5.97 Å². The van der Waals surface area contributed by atoms with E-state index in [0.717, 1.165) is 5.92 Å². The van der Waals surface area contributed by atoms with E-state index in [4.69, 9.17) is 4.74 Å². The fourth-order valence-corrected chi connectivity index (χ4v) is 2.24. The Kier molecular flexibility index (Phi) is 4.36. The predicted molar refractivity (Wildman–Crippen MR) is 65.2 cm³/mol. The van der Waals surface area contributed by atoms with Gasteiger partial charge in [-0.2, -0.15) is 0 Å². The van der Waals surface area contributed by atoms with Crippen molar-refractivity contribution in [1.82, 2.24) is 5.32 Å². The lowest BCUT2D eigenvalue weighted by molar-refractivity contribution is -0.153. The Morgan fingerprint density at radius 2 is 1.94 bits per heavy atom. The molecule has 0 radical (unpaired) electrons.